The summed E-state index contributed by atoms with van der Waals surface area (Å²) in [5.74, 6) is 0.966. The maximum atomic E-state index is 13.4. The van der Waals surface area contributed by atoms with Gasteiger partial charge >= 0.3 is 6.03 Å². The summed E-state index contributed by atoms with van der Waals surface area (Å²) in [5, 5.41) is 2.93. The highest BCUT2D eigenvalue weighted by molar-refractivity contribution is 6.01. The van der Waals surface area contributed by atoms with Gasteiger partial charge in [0.1, 0.15) is 11.6 Å². The molecule has 0 radical (unpaired) electrons. The van der Waals surface area contributed by atoms with Gasteiger partial charge in [-0.2, -0.15) is 0 Å². The molecule has 2 aromatic carbocycles. The van der Waals surface area contributed by atoms with Crippen LogP contribution >= 0.6 is 0 Å². The fourth-order valence-corrected chi connectivity index (χ4v) is 7.49. The van der Waals surface area contributed by atoms with Crippen LogP contribution in [0.5, 0.6) is 0 Å². The average Bonchev–Trinajstić information content (AvgIpc) is 3.45. The van der Waals surface area contributed by atoms with Gasteiger partial charge in [-0.05, 0) is 75.4 Å². The van der Waals surface area contributed by atoms with E-state index in [2.05, 4.69) is 21.7 Å². The summed E-state index contributed by atoms with van der Waals surface area (Å²) < 4.78 is 15.9. The molecule has 0 spiro atoms. The molecule has 2 saturated heterocycles. The summed E-state index contributed by atoms with van der Waals surface area (Å²) in [5.41, 5.74) is 3.82. The van der Waals surface area contributed by atoms with Crippen LogP contribution < -0.4 is 10.2 Å². The molecule has 3 aromatic rings. The summed E-state index contributed by atoms with van der Waals surface area (Å²) in [7, 11) is 0. The van der Waals surface area contributed by atoms with E-state index in [1.807, 2.05) is 49.1 Å². The zero-order chi connectivity index (χ0) is 30.1. The second-order valence-corrected chi connectivity index (χ2v) is 12.6. The molecule has 1 N–H and O–H groups in total. The first-order valence-corrected chi connectivity index (χ1v) is 15.8. The van der Waals surface area contributed by atoms with Crippen LogP contribution in [0.15, 0.2) is 54.6 Å². The molecular formula is C34H43FN6O2. The summed E-state index contributed by atoms with van der Waals surface area (Å²) in [6.45, 7) is 8.99. The first-order chi connectivity index (χ1) is 20.8. The maximum Gasteiger partial charge on any atom is 0.326 e. The number of halogens is 1. The Balaban J connectivity index is 1.09. The van der Waals surface area contributed by atoms with E-state index < -0.39 is 0 Å². The number of fused-ring (bicyclic) bond motifs is 3. The zero-order valence-electron chi connectivity index (χ0n) is 25.5. The quantitative estimate of drug-likeness (QED) is 0.343. The van der Waals surface area contributed by atoms with Crippen LogP contribution in [-0.2, 0) is 17.8 Å². The number of anilines is 2. The maximum absolute atomic E-state index is 13.4. The predicted octanol–water partition coefficient (Wildman–Crippen LogP) is 6.17. The Morgan fingerprint density at radius 2 is 1.72 bits per heavy atom. The van der Waals surface area contributed by atoms with Gasteiger partial charge in [-0.25, -0.2) is 14.2 Å². The molecule has 3 aliphatic rings. The first-order valence-electron chi connectivity index (χ1n) is 15.8. The van der Waals surface area contributed by atoms with E-state index >= 15 is 0 Å². The van der Waals surface area contributed by atoms with Crippen molar-refractivity contribution in [1.29, 1.82) is 0 Å². The number of aromatic nitrogens is 2. The molecule has 4 heterocycles. The van der Waals surface area contributed by atoms with E-state index in [1.54, 1.807) is 17.0 Å². The van der Waals surface area contributed by atoms with Crippen molar-refractivity contribution in [3.8, 4) is 0 Å². The number of benzene rings is 2. The van der Waals surface area contributed by atoms with E-state index in [9.17, 15) is 14.0 Å². The molecule has 228 valence electrons. The van der Waals surface area contributed by atoms with Gasteiger partial charge in [0.2, 0.25) is 5.91 Å². The number of hydrogen-bond acceptors (Lipinski definition) is 4. The highest BCUT2D eigenvalue weighted by Gasteiger charge is 2.42. The van der Waals surface area contributed by atoms with Crippen molar-refractivity contribution < 1.29 is 14.0 Å². The number of carbonyl (C=O) groups excluding carboxylic acids is 2. The van der Waals surface area contributed by atoms with Crippen molar-refractivity contribution in [3.63, 3.8) is 0 Å². The molecule has 43 heavy (non-hydrogen) atoms. The van der Waals surface area contributed by atoms with Gasteiger partial charge in [-0.1, -0.05) is 32.0 Å². The molecule has 6 rings (SSSR count). The van der Waals surface area contributed by atoms with Crippen LogP contribution in [-0.4, -0.2) is 63.0 Å². The average molecular weight is 587 g/mol. The summed E-state index contributed by atoms with van der Waals surface area (Å²) in [6.07, 6.45) is 6.38. The third kappa shape index (κ3) is 6.18. The van der Waals surface area contributed by atoms with Crippen LogP contribution in [0.4, 0.5) is 20.6 Å². The van der Waals surface area contributed by atoms with Gasteiger partial charge in [0.15, 0.2) is 0 Å². The Morgan fingerprint density at radius 3 is 2.40 bits per heavy atom. The minimum atomic E-state index is -0.329. The standard InChI is InChI=1S/C34H43FN6O2/c1-23(2)33(42)38-19-16-32-31(22-38)36-24(3)41(32)30-20-28-14-15-29(21-30)39(28)17-7-18-40(27-8-5-4-6-9-27)34(43)37-26-12-10-25(35)11-13-26/h4-6,8-13,23,28-30H,7,14-22H2,1-3H3,(H,37,43)/t28-,29+,30?. The Bertz CT molecular complexity index is 1430. The van der Waals surface area contributed by atoms with Crippen LogP contribution in [0.25, 0.3) is 0 Å². The number of rotatable bonds is 8. The van der Waals surface area contributed by atoms with E-state index in [0.29, 0.717) is 36.9 Å². The molecule has 2 fully saturated rings. The van der Waals surface area contributed by atoms with Crippen molar-refractivity contribution in [2.75, 3.05) is 29.9 Å². The molecule has 3 atom stereocenters. The van der Waals surface area contributed by atoms with Gasteiger partial charge in [-0.3, -0.25) is 14.6 Å². The summed E-state index contributed by atoms with van der Waals surface area (Å²) in [4.78, 5) is 37.3. The number of nitrogens with zero attached hydrogens (tertiary/aromatic N) is 5. The van der Waals surface area contributed by atoms with Crippen LogP contribution in [0.1, 0.15) is 69.2 Å². The molecule has 1 aromatic heterocycles. The lowest BCUT2D eigenvalue weighted by Gasteiger charge is -2.41. The van der Waals surface area contributed by atoms with Crippen LogP contribution in [0, 0.1) is 18.7 Å². The first kappa shape index (κ1) is 29.4. The number of imidazole rings is 1. The number of para-hydroxylation sites is 1. The second-order valence-electron chi connectivity index (χ2n) is 12.6. The number of nitrogens with one attached hydrogen (secondary N) is 1. The molecule has 1 unspecified atom stereocenters. The minimum Gasteiger partial charge on any atom is -0.336 e. The van der Waals surface area contributed by atoms with Gasteiger partial charge in [0, 0.05) is 67.2 Å². The molecule has 0 aliphatic carbocycles. The lowest BCUT2D eigenvalue weighted by molar-refractivity contribution is -0.135. The number of aryl methyl sites for hydroxylation is 1. The minimum absolute atomic E-state index is 0.00800. The van der Waals surface area contributed by atoms with Gasteiger partial charge in [0.25, 0.3) is 0 Å². The molecule has 9 heteroatoms. The Morgan fingerprint density at radius 1 is 1.02 bits per heavy atom. The van der Waals surface area contributed by atoms with Crippen molar-refractivity contribution in [2.24, 2.45) is 5.92 Å². The van der Waals surface area contributed by atoms with Crippen molar-refractivity contribution in [3.05, 3.63) is 77.6 Å². The summed E-state index contributed by atoms with van der Waals surface area (Å²) in [6, 6.07) is 16.9. The number of hydrogen-bond donors (Lipinski definition) is 1. The number of piperidine rings is 1. The van der Waals surface area contributed by atoms with Crippen molar-refractivity contribution in [2.45, 2.75) is 84.0 Å². The largest absolute Gasteiger partial charge is 0.336 e. The molecule has 8 nitrogen and oxygen atoms in total. The topological polar surface area (TPSA) is 73.7 Å². The van der Waals surface area contributed by atoms with E-state index in [1.165, 1.54) is 30.7 Å². The molecular weight excluding hydrogens is 543 g/mol. The monoisotopic (exact) mass is 586 g/mol. The molecule has 3 amide bonds. The van der Waals surface area contributed by atoms with E-state index in [-0.39, 0.29) is 23.7 Å². The Labute approximate surface area is 253 Å². The highest BCUT2D eigenvalue weighted by atomic mass is 19.1. The van der Waals surface area contributed by atoms with E-state index in [0.717, 1.165) is 56.0 Å². The normalized spacial score (nSPS) is 21.6. The molecule has 3 aliphatic heterocycles. The van der Waals surface area contributed by atoms with Gasteiger partial charge in [0.05, 0.1) is 12.2 Å². The van der Waals surface area contributed by atoms with Crippen LogP contribution in [0.3, 0.4) is 0 Å². The number of carbonyl (C=O) groups is 2. The lowest BCUT2D eigenvalue weighted by atomic mass is 9.95. The van der Waals surface area contributed by atoms with Crippen molar-refractivity contribution in [1.82, 2.24) is 19.4 Å². The van der Waals surface area contributed by atoms with E-state index in [4.69, 9.17) is 4.98 Å². The number of urea groups is 1. The SMILES string of the molecule is Cc1nc2c(n1C1C[C@H]3CC[C@@H](C1)N3CCCN(C(=O)Nc1ccc(F)cc1)c1ccccc1)CCN(C(=O)C(C)C)C2. The lowest BCUT2D eigenvalue weighted by Crippen LogP contribution is -2.45. The predicted molar refractivity (Wildman–Crippen MR) is 167 cm³/mol. The van der Waals surface area contributed by atoms with Crippen molar-refractivity contribution >= 4 is 23.3 Å². The zero-order valence-corrected chi connectivity index (χ0v) is 25.5. The number of amides is 3. The summed E-state index contributed by atoms with van der Waals surface area (Å²) >= 11 is 0. The Kier molecular flexibility index (Phi) is 8.52. The fourth-order valence-electron chi connectivity index (χ4n) is 7.49. The molecule has 2 bridgehead atoms. The molecule has 0 saturated carbocycles. The Hall–Kier alpha value is -3.72. The fraction of sp³-hybridized carbons (Fsp3) is 0.500. The third-order valence-electron chi connectivity index (χ3n) is 9.47. The van der Waals surface area contributed by atoms with Gasteiger partial charge < -0.3 is 14.8 Å². The smallest absolute Gasteiger partial charge is 0.326 e. The van der Waals surface area contributed by atoms with Crippen LogP contribution in [0.2, 0.25) is 0 Å². The third-order valence-corrected chi connectivity index (χ3v) is 9.47. The highest BCUT2D eigenvalue weighted by Crippen LogP contribution is 2.42. The second kappa shape index (κ2) is 12.5. The van der Waals surface area contributed by atoms with Gasteiger partial charge in [-0.15, -0.1) is 0 Å².